The predicted molar refractivity (Wildman–Crippen MR) is 97.1 cm³/mol. The molecule has 0 aliphatic carbocycles. The van der Waals surface area contributed by atoms with Gasteiger partial charge in [-0.25, -0.2) is 0 Å². The van der Waals surface area contributed by atoms with Gasteiger partial charge < -0.3 is 15.5 Å². The SMILES string of the molecule is NC(=O)c1cc(NC(=O)c2ccc(-c3ccccc3Cl)o2)ccc1Cl. The Hall–Kier alpha value is -2.76. The molecule has 0 aliphatic heterocycles. The van der Waals surface area contributed by atoms with E-state index in [-0.39, 0.29) is 16.3 Å². The Morgan fingerprint density at radius 3 is 2.44 bits per heavy atom. The molecule has 0 saturated carbocycles. The summed E-state index contributed by atoms with van der Waals surface area (Å²) >= 11 is 12.0. The molecule has 0 fully saturated rings. The topological polar surface area (TPSA) is 85.3 Å². The summed E-state index contributed by atoms with van der Waals surface area (Å²) < 4.78 is 5.57. The number of furan rings is 1. The second-order valence-corrected chi connectivity index (χ2v) is 5.97. The highest BCUT2D eigenvalue weighted by molar-refractivity contribution is 6.34. The molecule has 0 atom stereocenters. The molecule has 0 unspecified atom stereocenters. The summed E-state index contributed by atoms with van der Waals surface area (Å²) in [6, 6.07) is 14.8. The molecule has 3 N–H and O–H groups in total. The maximum Gasteiger partial charge on any atom is 0.291 e. The van der Waals surface area contributed by atoms with Crippen LogP contribution in [0.3, 0.4) is 0 Å². The molecule has 5 nitrogen and oxygen atoms in total. The number of rotatable bonds is 4. The lowest BCUT2D eigenvalue weighted by molar-refractivity contribution is 0.0988. The average Bonchev–Trinajstić information content (AvgIpc) is 3.06. The molecule has 0 aliphatic rings. The van der Waals surface area contributed by atoms with E-state index in [2.05, 4.69) is 5.32 Å². The number of benzene rings is 2. The molecule has 3 rings (SSSR count). The largest absolute Gasteiger partial charge is 0.451 e. The van der Waals surface area contributed by atoms with Crippen molar-refractivity contribution in [1.29, 1.82) is 0 Å². The van der Waals surface area contributed by atoms with Gasteiger partial charge in [0.15, 0.2) is 5.76 Å². The second kappa shape index (κ2) is 7.01. The van der Waals surface area contributed by atoms with E-state index in [1.807, 2.05) is 6.07 Å². The quantitative estimate of drug-likeness (QED) is 0.699. The second-order valence-electron chi connectivity index (χ2n) is 5.16. The molecule has 25 heavy (non-hydrogen) atoms. The van der Waals surface area contributed by atoms with Crippen molar-refractivity contribution in [3.63, 3.8) is 0 Å². The van der Waals surface area contributed by atoms with Crippen LogP contribution in [0.15, 0.2) is 59.0 Å². The van der Waals surface area contributed by atoms with E-state index in [9.17, 15) is 9.59 Å². The van der Waals surface area contributed by atoms with Gasteiger partial charge in [0.2, 0.25) is 5.91 Å². The Bertz CT molecular complexity index is 966. The average molecular weight is 375 g/mol. The van der Waals surface area contributed by atoms with Gasteiger partial charge in [0, 0.05) is 11.3 Å². The minimum atomic E-state index is -0.680. The third kappa shape index (κ3) is 3.68. The third-order valence-electron chi connectivity index (χ3n) is 3.46. The van der Waals surface area contributed by atoms with Crippen molar-refractivity contribution in [2.75, 3.05) is 5.32 Å². The molecule has 7 heteroatoms. The van der Waals surface area contributed by atoms with Crippen LogP contribution in [0.25, 0.3) is 11.3 Å². The fourth-order valence-electron chi connectivity index (χ4n) is 2.25. The van der Waals surface area contributed by atoms with E-state index in [1.54, 1.807) is 36.4 Å². The van der Waals surface area contributed by atoms with Crippen molar-refractivity contribution in [3.05, 3.63) is 76.0 Å². The van der Waals surface area contributed by atoms with E-state index in [0.717, 1.165) is 0 Å². The summed E-state index contributed by atoms with van der Waals surface area (Å²) in [7, 11) is 0. The molecule has 1 heterocycles. The lowest BCUT2D eigenvalue weighted by atomic mass is 10.2. The van der Waals surface area contributed by atoms with Crippen molar-refractivity contribution in [2.45, 2.75) is 0 Å². The monoisotopic (exact) mass is 374 g/mol. The lowest BCUT2D eigenvalue weighted by Gasteiger charge is -2.06. The van der Waals surface area contributed by atoms with Gasteiger partial charge in [-0.3, -0.25) is 9.59 Å². The van der Waals surface area contributed by atoms with Crippen molar-refractivity contribution >= 4 is 40.7 Å². The first-order chi connectivity index (χ1) is 12.0. The highest BCUT2D eigenvalue weighted by atomic mass is 35.5. The summed E-state index contributed by atoms with van der Waals surface area (Å²) in [5, 5.41) is 3.36. The Morgan fingerprint density at radius 2 is 1.72 bits per heavy atom. The molecule has 126 valence electrons. The molecule has 0 spiro atoms. The van der Waals surface area contributed by atoms with Gasteiger partial charge in [-0.2, -0.15) is 0 Å². The van der Waals surface area contributed by atoms with Gasteiger partial charge in [0.05, 0.1) is 15.6 Å². The molecular formula is C18H12Cl2N2O3. The van der Waals surface area contributed by atoms with Crippen LogP contribution < -0.4 is 11.1 Å². The summed E-state index contributed by atoms with van der Waals surface area (Å²) in [6.45, 7) is 0. The zero-order chi connectivity index (χ0) is 18.0. The van der Waals surface area contributed by atoms with Crippen LogP contribution in [-0.4, -0.2) is 11.8 Å². The van der Waals surface area contributed by atoms with Crippen molar-refractivity contribution in [3.8, 4) is 11.3 Å². The molecule has 0 radical (unpaired) electrons. The number of hydrogen-bond acceptors (Lipinski definition) is 3. The standard InChI is InChI=1S/C18H12Cl2N2O3/c19-13-4-2-1-3-11(13)15-7-8-16(25-15)18(24)22-10-5-6-14(20)12(9-10)17(21)23/h1-9H,(H2,21,23)(H,22,24). The number of hydrogen-bond donors (Lipinski definition) is 2. The first kappa shape index (κ1) is 17.1. The number of anilines is 1. The summed E-state index contributed by atoms with van der Waals surface area (Å²) in [6.07, 6.45) is 0. The van der Waals surface area contributed by atoms with Crippen LogP contribution in [0.5, 0.6) is 0 Å². The number of amides is 2. The van der Waals surface area contributed by atoms with Crippen LogP contribution in [-0.2, 0) is 0 Å². The molecule has 0 saturated heterocycles. The summed E-state index contributed by atoms with van der Waals surface area (Å²) in [5.41, 5.74) is 6.42. The van der Waals surface area contributed by atoms with Gasteiger partial charge in [-0.1, -0.05) is 35.3 Å². The Kier molecular flexibility index (Phi) is 4.79. The maximum atomic E-state index is 12.3. The fourth-order valence-corrected chi connectivity index (χ4v) is 2.69. The van der Waals surface area contributed by atoms with E-state index < -0.39 is 11.8 Å². The van der Waals surface area contributed by atoms with Crippen LogP contribution in [0.4, 0.5) is 5.69 Å². The van der Waals surface area contributed by atoms with Crippen LogP contribution >= 0.6 is 23.2 Å². The molecule has 0 bridgehead atoms. The lowest BCUT2D eigenvalue weighted by Crippen LogP contribution is -2.14. The van der Waals surface area contributed by atoms with Crippen molar-refractivity contribution in [1.82, 2.24) is 0 Å². The Morgan fingerprint density at radius 1 is 0.960 bits per heavy atom. The van der Waals surface area contributed by atoms with Crippen LogP contribution in [0, 0.1) is 0 Å². The van der Waals surface area contributed by atoms with E-state index in [4.69, 9.17) is 33.4 Å². The molecule has 2 amide bonds. The number of nitrogens with one attached hydrogen (secondary N) is 1. The number of halogens is 2. The van der Waals surface area contributed by atoms with E-state index in [0.29, 0.717) is 22.0 Å². The van der Waals surface area contributed by atoms with Crippen LogP contribution in [0.2, 0.25) is 10.0 Å². The number of carbonyl (C=O) groups excluding carboxylic acids is 2. The summed E-state index contributed by atoms with van der Waals surface area (Å²) in [5.74, 6) is -0.577. The van der Waals surface area contributed by atoms with Gasteiger partial charge in [-0.05, 0) is 42.5 Å². The third-order valence-corrected chi connectivity index (χ3v) is 4.12. The van der Waals surface area contributed by atoms with Gasteiger partial charge in [0.25, 0.3) is 5.91 Å². The van der Waals surface area contributed by atoms with Crippen LogP contribution in [0.1, 0.15) is 20.9 Å². The van der Waals surface area contributed by atoms with Gasteiger partial charge in [0.1, 0.15) is 5.76 Å². The fraction of sp³-hybridized carbons (Fsp3) is 0. The molecule has 3 aromatic rings. The number of primary amides is 1. The Balaban J connectivity index is 1.82. The van der Waals surface area contributed by atoms with Crippen molar-refractivity contribution in [2.24, 2.45) is 5.73 Å². The maximum absolute atomic E-state index is 12.3. The number of carbonyl (C=O) groups is 2. The first-order valence-electron chi connectivity index (χ1n) is 7.21. The van der Waals surface area contributed by atoms with Gasteiger partial charge >= 0.3 is 0 Å². The normalized spacial score (nSPS) is 10.5. The zero-order valence-electron chi connectivity index (χ0n) is 12.8. The minimum absolute atomic E-state index is 0.102. The molecular weight excluding hydrogens is 363 g/mol. The minimum Gasteiger partial charge on any atom is -0.451 e. The van der Waals surface area contributed by atoms with E-state index in [1.165, 1.54) is 12.1 Å². The summed E-state index contributed by atoms with van der Waals surface area (Å²) in [4.78, 5) is 23.6. The first-order valence-corrected chi connectivity index (χ1v) is 7.97. The van der Waals surface area contributed by atoms with E-state index >= 15 is 0 Å². The zero-order valence-corrected chi connectivity index (χ0v) is 14.3. The number of nitrogens with two attached hydrogens (primary N) is 1. The highest BCUT2D eigenvalue weighted by Gasteiger charge is 2.15. The Labute approximate surface area is 153 Å². The van der Waals surface area contributed by atoms with Crippen molar-refractivity contribution < 1.29 is 14.0 Å². The highest BCUT2D eigenvalue weighted by Crippen LogP contribution is 2.29. The molecule has 1 aromatic heterocycles. The van der Waals surface area contributed by atoms with Gasteiger partial charge in [-0.15, -0.1) is 0 Å². The predicted octanol–water partition coefficient (Wildman–Crippen LogP) is 4.60. The molecule has 2 aromatic carbocycles. The smallest absolute Gasteiger partial charge is 0.291 e.